The number of carbonyl (C=O) groups is 1. The Bertz CT molecular complexity index is 743. The van der Waals surface area contributed by atoms with Crippen molar-refractivity contribution in [2.75, 3.05) is 20.2 Å². The van der Waals surface area contributed by atoms with E-state index in [0.29, 0.717) is 24.8 Å². The van der Waals surface area contributed by atoms with Crippen LogP contribution in [0.5, 0.6) is 5.75 Å². The summed E-state index contributed by atoms with van der Waals surface area (Å²) in [5.41, 5.74) is 0.787. The maximum Gasteiger partial charge on any atom is 0.243 e. The van der Waals surface area contributed by atoms with E-state index < -0.39 is 10.0 Å². The summed E-state index contributed by atoms with van der Waals surface area (Å²) in [6, 6.07) is 4.82. The molecule has 1 aromatic carbocycles. The summed E-state index contributed by atoms with van der Waals surface area (Å²) in [5.74, 6) is 1.30. The van der Waals surface area contributed by atoms with E-state index in [1.807, 2.05) is 6.92 Å². The summed E-state index contributed by atoms with van der Waals surface area (Å²) >= 11 is 0. The third-order valence-electron chi connectivity index (χ3n) is 4.95. The van der Waals surface area contributed by atoms with Gasteiger partial charge < -0.3 is 10.1 Å². The van der Waals surface area contributed by atoms with Crippen LogP contribution in [-0.4, -0.2) is 44.9 Å². The average molecular weight is 352 g/mol. The summed E-state index contributed by atoms with van der Waals surface area (Å²) in [6.45, 7) is 4.13. The molecule has 6 nitrogen and oxygen atoms in total. The molecule has 1 heterocycles. The molecule has 2 fully saturated rings. The second-order valence-electron chi connectivity index (χ2n) is 6.76. The number of sulfonamides is 1. The minimum Gasteiger partial charge on any atom is -0.496 e. The lowest BCUT2D eigenvalue weighted by Gasteiger charge is -2.18. The van der Waals surface area contributed by atoms with Gasteiger partial charge in [-0.1, -0.05) is 0 Å². The minimum absolute atomic E-state index is 0.0934. The van der Waals surface area contributed by atoms with Crippen LogP contribution in [0, 0.1) is 18.8 Å². The van der Waals surface area contributed by atoms with Crippen molar-refractivity contribution < 1.29 is 17.9 Å². The van der Waals surface area contributed by atoms with Crippen molar-refractivity contribution in [3.8, 4) is 5.75 Å². The number of hydrogen-bond donors (Lipinski definition) is 1. The van der Waals surface area contributed by atoms with Crippen LogP contribution in [0.1, 0.15) is 25.3 Å². The van der Waals surface area contributed by atoms with Crippen LogP contribution in [-0.2, 0) is 14.8 Å². The zero-order chi connectivity index (χ0) is 17.5. The van der Waals surface area contributed by atoms with Crippen molar-refractivity contribution in [3.05, 3.63) is 23.8 Å². The highest BCUT2D eigenvalue weighted by Gasteiger charge is 2.46. The van der Waals surface area contributed by atoms with Gasteiger partial charge in [-0.05, 0) is 55.4 Å². The predicted molar refractivity (Wildman–Crippen MR) is 90.3 cm³/mol. The quantitative estimate of drug-likeness (QED) is 0.872. The lowest BCUT2D eigenvalue weighted by Crippen LogP contribution is -2.40. The van der Waals surface area contributed by atoms with Crippen LogP contribution in [0.15, 0.2) is 23.1 Å². The van der Waals surface area contributed by atoms with E-state index in [2.05, 4.69) is 5.32 Å². The third-order valence-corrected chi connectivity index (χ3v) is 6.78. The highest BCUT2D eigenvalue weighted by molar-refractivity contribution is 7.89. The van der Waals surface area contributed by atoms with E-state index in [1.165, 1.54) is 11.2 Å². The molecule has 0 aromatic heterocycles. The van der Waals surface area contributed by atoms with Crippen molar-refractivity contribution >= 4 is 15.9 Å². The van der Waals surface area contributed by atoms with E-state index in [0.717, 1.165) is 18.4 Å². The Labute approximate surface area is 143 Å². The number of carbonyl (C=O) groups excluding carboxylic acids is 1. The van der Waals surface area contributed by atoms with Gasteiger partial charge in [-0.25, -0.2) is 8.42 Å². The fourth-order valence-electron chi connectivity index (χ4n) is 3.56. The normalized spacial score (nSPS) is 24.8. The summed E-state index contributed by atoms with van der Waals surface area (Å²) in [6.07, 6.45) is 2.24. The van der Waals surface area contributed by atoms with E-state index in [9.17, 15) is 13.2 Å². The summed E-state index contributed by atoms with van der Waals surface area (Å²) < 4.78 is 32.7. The number of nitrogens with one attached hydrogen (secondary N) is 1. The summed E-state index contributed by atoms with van der Waals surface area (Å²) in [5, 5.41) is 2.93. The molecule has 2 aliphatic rings. The molecule has 1 aliphatic carbocycles. The van der Waals surface area contributed by atoms with Crippen LogP contribution in [0.25, 0.3) is 0 Å². The Hall–Kier alpha value is -1.60. The molecule has 1 N–H and O–H groups in total. The lowest BCUT2D eigenvalue weighted by molar-refractivity contribution is -0.119. The van der Waals surface area contributed by atoms with Gasteiger partial charge in [-0.2, -0.15) is 4.31 Å². The van der Waals surface area contributed by atoms with Crippen LogP contribution in [0.4, 0.5) is 0 Å². The van der Waals surface area contributed by atoms with Crippen LogP contribution >= 0.6 is 0 Å². The van der Waals surface area contributed by atoms with Crippen molar-refractivity contribution in [3.63, 3.8) is 0 Å². The number of methoxy groups -OCH3 is 1. The van der Waals surface area contributed by atoms with Crippen molar-refractivity contribution in [1.82, 2.24) is 9.62 Å². The van der Waals surface area contributed by atoms with Crippen LogP contribution in [0.2, 0.25) is 0 Å². The molecule has 3 rings (SSSR count). The maximum atomic E-state index is 13.0. The molecule has 132 valence electrons. The molecule has 0 unspecified atom stereocenters. The standard InChI is InChI=1S/C17H24N2O4S/c1-11-8-14(6-7-17(11)23-3)24(21,22)19-9-15(13-4-5-13)16(10-19)18-12(2)20/h6-8,13,15-16H,4-5,9-10H2,1-3H3,(H,18,20)/t15-,16+/m1/s1. The molecule has 0 spiro atoms. The Morgan fingerprint density at radius 2 is 2.00 bits per heavy atom. The Balaban J connectivity index is 1.84. The molecule has 7 heteroatoms. The van der Waals surface area contributed by atoms with Gasteiger partial charge in [0.25, 0.3) is 0 Å². The highest BCUT2D eigenvalue weighted by atomic mass is 32.2. The number of aryl methyl sites for hydroxylation is 1. The van der Waals surface area contributed by atoms with Gasteiger partial charge in [-0.15, -0.1) is 0 Å². The third kappa shape index (κ3) is 3.28. The second-order valence-corrected chi connectivity index (χ2v) is 8.70. The van der Waals surface area contributed by atoms with Crippen LogP contribution < -0.4 is 10.1 Å². The minimum atomic E-state index is -3.57. The first-order valence-electron chi connectivity index (χ1n) is 8.25. The molecular formula is C17H24N2O4S. The molecule has 2 atom stereocenters. The van der Waals surface area contributed by atoms with E-state index in [1.54, 1.807) is 25.3 Å². The Kier molecular flexibility index (Phi) is 4.57. The van der Waals surface area contributed by atoms with Gasteiger partial charge in [0.2, 0.25) is 15.9 Å². The van der Waals surface area contributed by atoms with E-state index in [-0.39, 0.29) is 22.8 Å². The van der Waals surface area contributed by atoms with Crippen molar-refractivity contribution in [2.45, 2.75) is 37.6 Å². The number of amides is 1. The molecule has 0 radical (unpaired) electrons. The molecular weight excluding hydrogens is 328 g/mol. The lowest BCUT2D eigenvalue weighted by atomic mass is 9.98. The monoisotopic (exact) mass is 352 g/mol. The summed E-state index contributed by atoms with van der Waals surface area (Å²) in [4.78, 5) is 11.7. The highest BCUT2D eigenvalue weighted by Crippen LogP contribution is 2.42. The molecule has 24 heavy (non-hydrogen) atoms. The topological polar surface area (TPSA) is 75.7 Å². The Morgan fingerprint density at radius 1 is 1.29 bits per heavy atom. The average Bonchev–Trinajstić information content (AvgIpc) is 3.27. The number of nitrogens with zero attached hydrogens (tertiary/aromatic N) is 1. The smallest absolute Gasteiger partial charge is 0.243 e. The van der Waals surface area contributed by atoms with Gasteiger partial charge >= 0.3 is 0 Å². The Morgan fingerprint density at radius 3 is 2.54 bits per heavy atom. The maximum absolute atomic E-state index is 13.0. The van der Waals surface area contributed by atoms with Gasteiger partial charge in [0, 0.05) is 26.1 Å². The fraction of sp³-hybridized carbons (Fsp3) is 0.588. The molecule has 0 bridgehead atoms. The largest absolute Gasteiger partial charge is 0.496 e. The molecule has 1 aliphatic heterocycles. The van der Waals surface area contributed by atoms with Crippen molar-refractivity contribution in [1.29, 1.82) is 0 Å². The van der Waals surface area contributed by atoms with E-state index in [4.69, 9.17) is 4.74 Å². The number of rotatable bonds is 5. The molecule has 1 aromatic rings. The molecule has 1 saturated carbocycles. The fourth-order valence-corrected chi connectivity index (χ4v) is 5.15. The van der Waals surface area contributed by atoms with Crippen molar-refractivity contribution in [2.24, 2.45) is 11.8 Å². The van der Waals surface area contributed by atoms with Gasteiger partial charge in [-0.3, -0.25) is 4.79 Å². The predicted octanol–water partition coefficient (Wildman–Crippen LogP) is 1.54. The van der Waals surface area contributed by atoms with E-state index >= 15 is 0 Å². The first-order chi connectivity index (χ1) is 11.3. The SMILES string of the molecule is COc1ccc(S(=O)(=O)N2C[C@H](NC(C)=O)[C@@H](C3CC3)C2)cc1C. The van der Waals surface area contributed by atoms with Crippen LogP contribution in [0.3, 0.4) is 0 Å². The molecule has 1 amide bonds. The second kappa shape index (κ2) is 6.37. The first-order valence-corrected chi connectivity index (χ1v) is 9.69. The number of ether oxygens (including phenoxy) is 1. The van der Waals surface area contributed by atoms with Gasteiger partial charge in [0.15, 0.2) is 0 Å². The summed E-state index contributed by atoms with van der Waals surface area (Å²) in [7, 11) is -2.00. The number of hydrogen-bond acceptors (Lipinski definition) is 4. The van der Waals surface area contributed by atoms with Gasteiger partial charge in [0.05, 0.1) is 12.0 Å². The number of benzene rings is 1. The molecule has 1 saturated heterocycles. The zero-order valence-electron chi connectivity index (χ0n) is 14.3. The first kappa shape index (κ1) is 17.2. The zero-order valence-corrected chi connectivity index (χ0v) is 15.1. The van der Waals surface area contributed by atoms with Gasteiger partial charge in [0.1, 0.15) is 5.75 Å².